The quantitative estimate of drug-likeness (QED) is 0.110. The summed E-state index contributed by atoms with van der Waals surface area (Å²) in [6.45, 7) is 7.04. The van der Waals surface area contributed by atoms with Crippen molar-refractivity contribution in [3.63, 3.8) is 0 Å². The summed E-state index contributed by atoms with van der Waals surface area (Å²) in [5.74, 6) is 0.966. The summed E-state index contributed by atoms with van der Waals surface area (Å²) < 4.78 is 0. The Morgan fingerprint density at radius 1 is 0.414 bits per heavy atom. The van der Waals surface area contributed by atoms with E-state index in [2.05, 4.69) is 32.9 Å². The summed E-state index contributed by atoms with van der Waals surface area (Å²) in [6, 6.07) is 0. The molecule has 0 heteroatoms. The van der Waals surface area contributed by atoms with Gasteiger partial charge in [-0.25, -0.2) is 0 Å². The van der Waals surface area contributed by atoms with Gasteiger partial charge < -0.3 is 0 Å². The topological polar surface area (TPSA) is 0 Å². The standard InChI is InChI=1S/C29H58/c1-4-6-8-10-12-13-14-15-16-17-18-19-20-21-22-24-26-28-29(3)27-25-23-11-9-7-5-2/h8,10,29H,4-7,9,11-28H2,1-3H3/b10-8+. The average Bonchev–Trinajstić information content (AvgIpc) is 2.73. The van der Waals surface area contributed by atoms with Crippen LogP contribution in [0.15, 0.2) is 12.2 Å². The molecule has 1 atom stereocenters. The lowest BCUT2D eigenvalue weighted by Gasteiger charge is -2.11. The van der Waals surface area contributed by atoms with Crippen LogP contribution in [0.2, 0.25) is 0 Å². The van der Waals surface area contributed by atoms with Crippen molar-refractivity contribution >= 4 is 0 Å². The molecule has 174 valence electrons. The van der Waals surface area contributed by atoms with E-state index in [1.807, 2.05) is 0 Å². The number of hydrogen-bond acceptors (Lipinski definition) is 0. The molecule has 0 heterocycles. The van der Waals surface area contributed by atoms with Gasteiger partial charge in [0.25, 0.3) is 0 Å². The molecule has 0 rings (SSSR count). The lowest BCUT2D eigenvalue weighted by atomic mass is 9.96. The molecule has 29 heavy (non-hydrogen) atoms. The van der Waals surface area contributed by atoms with Crippen molar-refractivity contribution in [3.8, 4) is 0 Å². The second kappa shape index (κ2) is 25.8. The summed E-state index contributed by atoms with van der Waals surface area (Å²) in [6.07, 6.45) is 37.8. The molecule has 0 aromatic rings. The number of unbranched alkanes of at least 4 members (excludes halogenated alkanes) is 18. The van der Waals surface area contributed by atoms with Crippen LogP contribution < -0.4 is 0 Å². The van der Waals surface area contributed by atoms with Crippen molar-refractivity contribution in [3.05, 3.63) is 12.2 Å². The molecule has 0 fully saturated rings. The smallest absolute Gasteiger partial charge is 0.0351 e. The molecule has 0 nitrogen and oxygen atoms in total. The van der Waals surface area contributed by atoms with Crippen molar-refractivity contribution in [2.24, 2.45) is 5.92 Å². The van der Waals surface area contributed by atoms with Crippen molar-refractivity contribution in [1.29, 1.82) is 0 Å². The van der Waals surface area contributed by atoms with Gasteiger partial charge in [-0.15, -0.1) is 0 Å². The molecule has 1 unspecified atom stereocenters. The third-order valence-electron chi connectivity index (χ3n) is 6.49. The van der Waals surface area contributed by atoms with Gasteiger partial charge in [0, 0.05) is 0 Å². The fourth-order valence-electron chi connectivity index (χ4n) is 4.34. The second-order valence-electron chi connectivity index (χ2n) is 9.74. The first-order chi connectivity index (χ1) is 14.3. The molecule has 0 radical (unpaired) electrons. The molecule has 0 saturated heterocycles. The lowest BCUT2D eigenvalue weighted by molar-refractivity contribution is 0.430. The van der Waals surface area contributed by atoms with Crippen LogP contribution in [0.4, 0.5) is 0 Å². The van der Waals surface area contributed by atoms with Crippen molar-refractivity contribution in [1.82, 2.24) is 0 Å². The van der Waals surface area contributed by atoms with Crippen molar-refractivity contribution < 1.29 is 0 Å². The summed E-state index contributed by atoms with van der Waals surface area (Å²) in [4.78, 5) is 0. The molecule has 0 spiro atoms. The maximum Gasteiger partial charge on any atom is -0.0351 e. The van der Waals surface area contributed by atoms with Crippen LogP contribution in [0.5, 0.6) is 0 Å². The van der Waals surface area contributed by atoms with E-state index in [0.717, 1.165) is 5.92 Å². The fraction of sp³-hybridized carbons (Fsp3) is 0.931. The van der Waals surface area contributed by atoms with E-state index in [4.69, 9.17) is 0 Å². The van der Waals surface area contributed by atoms with E-state index in [9.17, 15) is 0 Å². The minimum Gasteiger partial charge on any atom is -0.0885 e. The van der Waals surface area contributed by atoms with Crippen LogP contribution in [0, 0.1) is 5.92 Å². The van der Waals surface area contributed by atoms with E-state index in [0.29, 0.717) is 0 Å². The highest BCUT2D eigenvalue weighted by Crippen LogP contribution is 2.19. The molecule has 0 aromatic carbocycles. The van der Waals surface area contributed by atoms with Gasteiger partial charge in [0.15, 0.2) is 0 Å². The monoisotopic (exact) mass is 406 g/mol. The van der Waals surface area contributed by atoms with Gasteiger partial charge in [-0.2, -0.15) is 0 Å². The number of hydrogen-bond donors (Lipinski definition) is 0. The SMILES string of the molecule is CCC/C=C/CCCCCCCCCCCCCCC(C)CCCCCCCC. The third kappa shape index (κ3) is 25.7. The maximum atomic E-state index is 2.48. The molecule has 0 aliphatic rings. The van der Waals surface area contributed by atoms with Crippen LogP contribution >= 0.6 is 0 Å². The summed E-state index contributed by atoms with van der Waals surface area (Å²) in [7, 11) is 0. The molecular weight excluding hydrogens is 348 g/mol. The normalized spacial score (nSPS) is 12.8. The number of allylic oxidation sites excluding steroid dienone is 2. The number of rotatable bonds is 24. The van der Waals surface area contributed by atoms with E-state index in [1.54, 1.807) is 0 Å². The first-order valence-corrected chi connectivity index (χ1v) is 14.0. The minimum absolute atomic E-state index is 0.966. The Morgan fingerprint density at radius 3 is 1.24 bits per heavy atom. The van der Waals surface area contributed by atoms with E-state index in [-0.39, 0.29) is 0 Å². The average molecular weight is 407 g/mol. The van der Waals surface area contributed by atoms with Crippen molar-refractivity contribution in [2.45, 2.75) is 168 Å². The summed E-state index contributed by atoms with van der Waals surface area (Å²) in [5, 5.41) is 0. The zero-order valence-corrected chi connectivity index (χ0v) is 21.0. The first kappa shape index (κ1) is 28.7. The maximum absolute atomic E-state index is 2.48. The van der Waals surface area contributed by atoms with Gasteiger partial charge >= 0.3 is 0 Å². The fourth-order valence-corrected chi connectivity index (χ4v) is 4.34. The Hall–Kier alpha value is -0.260. The first-order valence-electron chi connectivity index (χ1n) is 14.0. The Labute approximate surface area is 186 Å². The van der Waals surface area contributed by atoms with E-state index < -0.39 is 0 Å². The molecule has 0 saturated carbocycles. The van der Waals surface area contributed by atoms with Gasteiger partial charge in [0.05, 0.1) is 0 Å². The van der Waals surface area contributed by atoms with Gasteiger partial charge in [-0.3, -0.25) is 0 Å². The highest BCUT2D eigenvalue weighted by molar-refractivity contribution is 4.80. The summed E-state index contributed by atoms with van der Waals surface area (Å²) in [5.41, 5.74) is 0. The zero-order valence-electron chi connectivity index (χ0n) is 21.0. The molecule has 0 amide bonds. The lowest BCUT2D eigenvalue weighted by Crippen LogP contribution is -1.95. The van der Waals surface area contributed by atoms with Crippen LogP contribution in [0.1, 0.15) is 168 Å². The minimum atomic E-state index is 0.966. The Kier molecular flexibility index (Phi) is 25.5. The van der Waals surface area contributed by atoms with Crippen LogP contribution in [0.25, 0.3) is 0 Å². The van der Waals surface area contributed by atoms with Crippen LogP contribution in [0.3, 0.4) is 0 Å². The van der Waals surface area contributed by atoms with Crippen molar-refractivity contribution in [2.75, 3.05) is 0 Å². The van der Waals surface area contributed by atoms with Crippen LogP contribution in [-0.2, 0) is 0 Å². The third-order valence-corrected chi connectivity index (χ3v) is 6.49. The van der Waals surface area contributed by atoms with Gasteiger partial charge in [-0.05, 0) is 25.2 Å². The highest BCUT2D eigenvalue weighted by Gasteiger charge is 2.02. The van der Waals surface area contributed by atoms with Gasteiger partial charge in [0.2, 0.25) is 0 Å². The molecular formula is C29H58. The van der Waals surface area contributed by atoms with E-state index in [1.165, 1.54) is 148 Å². The second-order valence-corrected chi connectivity index (χ2v) is 9.74. The Balaban J connectivity index is 3.12. The summed E-state index contributed by atoms with van der Waals surface area (Å²) >= 11 is 0. The predicted molar refractivity (Wildman–Crippen MR) is 136 cm³/mol. The molecule has 0 aromatic heterocycles. The highest BCUT2D eigenvalue weighted by atomic mass is 14.1. The van der Waals surface area contributed by atoms with Gasteiger partial charge in [-0.1, -0.05) is 161 Å². The Bertz CT molecular complexity index is 303. The molecule has 0 aliphatic heterocycles. The Morgan fingerprint density at radius 2 is 0.793 bits per heavy atom. The molecule has 0 aliphatic carbocycles. The predicted octanol–water partition coefficient (Wildman–Crippen LogP) is 11.2. The van der Waals surface area contributed by atoms with Gasteiger partial charge in [0.1, 0.15) is 0 Å². The molecule has 0 bridgehead atoms. The van der Waals surface area contributed by atoms with Crippen LogP contribution in [-0.4, -0.2) is 0 Å². The van der Waals surface area contributed by atoms with E-state index >= 15 is 0 Å². The molecule has 0 N–H and O–H groups in total. The zero-order chi connectivity index (χ0) is 21.3. The largest absolute Gasteiger partial charge is 0.0885 e.